The summed E-state index contributed by atoms with van der Waals surface area (Å²) in [4.78, 5) is 11.0. The Labute approximate surface area is 118 Å². The van der Waals surface area contributed by atoms with Crippen LogP contribution in [0.5, 0.6) is 17.2 Å². The molecule has 108 valence electrons. The second kappa shape index (κ2) is 8.44. The Morgan fingerprint density at radius 1 is 1.37 bits per heavy atom. The summed E-state index contributed by atoms with van der Waals surface area (Å²) >= 11 is 0. The molecule has 0 radical (unpaired) electrons. The summed E-state index contributed by atoms with van der Waals surface area (Å²) < 4.78 is 10.2. The highest BCUT2D eigenvalue weighted by Gasteiger charge is 2.11. The number of rotatable bonds is 6. The lowest BCUT2D eigenvalue weighted by Crippen LogP contribution is -2.31. The van der Waals surface area contributed by atoms with E-state index in [2.05, 4.69) is 5.32 Å². The van der Waals surface area contributed by atoms with E-state index in [0.29, 0.717) is 24.5 Å². The zero-order valence-electron chi connectivity index (χ0n) is 10.9. The second-order valence-corrected chi connectivity index (χ2v) is 3.64. The fourth-order valence-electron chi connectivity index (χ4n) is 1.59. The van der Waals surface area contributed by atoms with Gasteiger partial charge < -0.3 is 25.6 Å². The molecule has 1 aromatic carbocycles. The van der Waals surface area contributed by atoms with Crippen molar-refractivity contribution in [2.24, 2.45) is 5.73 Å². The number of benzene rings is 1. The fourth-order valence-corrected chi connectivity index (χ4v) is 1.59. The molecule has 1 aromatic rings. The molecular formula is C12H19ClN2O4. The lowest BCUT2D eigenvalue weighted by Gasteiger charge is -2.12. The fraction of sp³-hybridized carbons (Fsp3) is 0.417. The third-order valence-corrected chi connectivity index (χ3v) is 2.46. The first-order valence-electron chi connectivity index (χ1n) is 5.53. The second-order valence-electron chi connectivity index (χ2n) is 3.64. The number of amides is 1. The van der Waals surface area contributed by atoms with Crippen molar-refractivity contribution in [1.82, 2.24) is 5.32 Å². The highest BCUT2D eigenvalue weighted by Crippen LogP contribution is 2.34. The molecule has 0 fully saturated rings. The monoisotopic (exact) mass is 290 g/mol. The number of ether oxygens (including phenoxy) is 2. The van der Waals surface area contributed by atoms with E-state index in [1.807, 2.05) is 0 Å². The van der Waals surface area contributed by atoms with Crippen LogP contribution in [0.15, 0.2) is 12.1 Å². The van der Waals surface area contributed by atoms with Gasteiger partial charge in [0, 0.05) is 18.2 Å². The number of carbonyl (C=O) groups excluding carboxylic acids is 1. The summed E-state index contributed by atoms with van der Waals surface area (Å²) in [6.07, 6.45) is 0.514. The van der Waals surface area contributed by atoms with E-state index in [4.69, 9.17) is 15.2 Å². The number of phenols is 1. The molecule has 0 heterocycles. The molecule has 0 aliphatic heterocycles. The van der Waals surface area contributed by atoms with Gasteiger partial charge in [0.25, 0.3) is 0 Å². The lowest BCUT2D eigenvalue weighted by molar-refractivity contribution is -0.119. The SMILES string of the molecule is COc1cc(O)c(OC)c(CCNC(=O)CN)c1.Cl. The van der Waals surface area contributed by atoms with Crippen molar-refractivity contribution in [1.29, 1.82) is 0 Å². The number of hydrogen-bond acceptors (Lipinski definition) is 5. The topological polar surface area (TPSA) is 93.8 Å². The summed E-state index contributed by atoms with van der Waals surface area (Å²) in [5.41, 5.74) is 5.94. The van der Waals surface area contributed by atoms with E-state index < -0.39 is 0 Å². The van der Waals surface area contributed by atoms with Crippen molar-refractivity contribution in [2.75, 3.05) is 27.3 Å². The number of nitrogens with one attached hydrogen (secondary N) is 1. The maximum atomic E-state index is 11.0. The van der Waals surface area contributed by atoms with Gasteiger partial charge in [-0.2, -0.15) is 0 Å². The molecule has 1 amide bonds. The van der Waals surface area contributed by atoms with Gasteiger partial charge in [0.05, 0.1) is 20.8 Å². The number of nitrogens with two attached hydrogens (primary N) is 1. The van der Waals surface area contributed by atoms with Crippen LogP contribution in [0.3, 0.4) is 0 Å². The van der Waals surface area contributed by atoms with Crippen LogP contribution in [0, 0.1) is 0 Å². The smallest absolute Gasteiger partial charge is 0.233 e. The number of carbonyl (C=O) groups is 1. The van der Waals surface area contributed by atoms with Crippen LogP contribution in [0.1, 0.15) is 5.56 Å². The average molecular weight is 291 g/mol. The highest BCUT2D eigenvalue weighted by atomic mass is 35.5. The van der Waals surface area contributed by atoms with Crippen LogP contribution in [-0.4, -0.2) is 38.3 Å². The summed E-state index contributed by atoms with van der Waals surface area (Å²) in [6.45, 7) is 0.375. The first-order valence-corrected chi connectivity index (χ1v) is 5.53. The van der Waals surface area contributed by atoms with Gasteiger partial charge in [-0.1, -0.05) is 0 Å². The van der Waals surface area contributed by atoms with Crippen molar-refractivity contribution < 1.29 is 19.4 Å². The quantitative estimate of drug-likeness (QED) is 0.707. The molecule has 7 heteroatoms. The Kier molecular flexibility index (Phi) is 7.71. The predicted molar refractivity (Wildman–Crippen MR) is 74.2 cm³/mol. The maximum absolute atomic E-state index is 11.0. The Morgan fingerprint density at radius 3 is 2.58 bits per heavy atom. The summed E-state index contributed by atoms with van der Waals surface area (Å²) in [7, 11) is 2.99. The Morgan fingerprint density at radius 2 is 2.05 bits per heavy atom. The molecule has 0 atom stereocenters. The van der Waals surface area contributed by atoms with Crippen LogP contribution < -0.4 is 20.5 Å². The van der Waals surface area contributed by atoms with E-state index >= 15 is 0 Å². The van der Waals surface area contributed by atoms with Crippen molar-refractivity contribution >= 4 is 18.3 Å². The van der Waals surface area contributed by atoms with Gasteiger partial charge in [0.15, 0.2) is 11.5 Å². The minimum absolute atomic E-state index is 0. The first kappa shape index (κ1) is 17.3. The number of halogens is 1. The zero-order chi connectivity index (χ0) is 13.5. The minimum atomic E-state index is -0.221. The van der Waals surface area contributed by atoms with Crippen molar-refractivity contribution in [2.45, 2.75) is 6.42 Å². The van der Waals surface area contributed by atoms with Crippen LogP contribution in [0.25, 0.3) is 0 Å². The van der Waals surface area contributed by atoms with Gasteiger partial charge in [-0.25, -0.2) is 0 Å². The van der Waals surface area contributed by atoms with Gasteiger partial charge in [-0.15, -0.1) is 12.4 Å². The molecule has 0 unspecified atom stereocenters. The molecule has 0 aliphatic carbocycles. The Bertz CT molecular complexity index is 426. The maximum Gasteiger partial charge on any atom is 0.233 e. The van der Waals surface area contributed by atoms with Crippen molar-refractivity contribution in [3.8, 4) is 17.2 Å². The zero-order valence-corrected chi connectivity index (χ0v) is 11.8. The van der Waals surface area contributed by atoms with Crippen LogP contribution in [0.4, 0.5) is 0 Å². The molecule has 0 spiro atoms. The molecule has 0 aromatic heterocycles. The Hall–Kier alpha value is -1.66. The normalized spacial score (nSPS) is 9.42. The van der Waals surface area contributed by atoms with Crippen molar-refractivity contribution in [3.05, 3.63) is 17.7 Å². The number of aromatic hydroxyl groups is 1. The van der Waals surface area contributed by atoms with Crippen molar-refractivity contribution in [3.63, 3.8) is 0 Å². The third kappa shape index (κ3) is 4.84. The molecule has 0 saturated heterocycles. The van der Waals surface area contributed by atoms with E-state index in [1.165, 1.54) is 20.3 Å². The van der Waals surface area contributed by atoms with Gasteiger partial charge in [-0.05, 0) is 12.5 Å². The molecule has 1 rings (SSSR count). The molecule has 6 nitrogen and oxygen atoms in total. The van der Waals surface area contributed by atoms with E-state index in [-0.39, 0.29) is 30.6 Å². The van der Waals surface area contributed by atoms with E-state index in [1.54, 1.807) is 6.07 Å². The summed E-state index contributed by atoms with van der Waals surface area (Å²) in [6, 6.07) is 3.23. The highest BCUT2D eigenvalue weighted by molar-refractivity contribution is 5.85. The molecule has 19 heavy (non-hydrogen) atoms. The lowest BCUT2D eigenvalue weighted by atomic mass is 10.1. The molecule has 0 aliphatic rings. The van der Waals surface area contributed by atoms with Crippen LogP contribution >= 0.6 is 12.4 Å². The molecular weight excluding hydrogens is 272 g/mol. The van der Waals surface area contributed by atoms with Crippen LogP contribution in [0.2, 0.25) is 0 Å². The van der Waals surface area contributed by atoms with E-state index in [9.17, 15) is 9.90 Å². The third-order valence-electron chi connectivity index (χ3n) is 2.46. The van der Waals surface area contributed by atoms with Gasteiger partial charge in [0.2, 0.25) is 5.91 Å². The minimum Gasteiger partial charge on any atom is -0.504 e. The molecule has 0 saturated carbocycles. The van der Waals surface area contributed by atoms with Crippen LogP contribution in [-0.2, 0) is 11.2 Å². The number of methoxy groups -OCH3 is 2. The number of hydrogen-bond donors (Lipinski definition) is 3. The average Bonchev–Trinajstić information content (AvgIpc) is 2.37. The number of phenolic OH excluding ortho intramolecular Hbond substituents is 1. The summed E-state index contributed by atoms with van der Waals surface area (Å²) in [5, 5.41) is 12.4. The molecule has 0 bridgehead atoms. The van der Waals surface area contributed by atoms with Gasteiger partial charge in [0.1, 0.15) is 5.75 Å². The largest absolute Gasteiger partial charge is 0.504 e. The van der Waals surface area contributed by atoms with Gasteiger partial charge in [-0.3, -0.25) is 4.79 Å². The standard InChI is InChI=1S/C12H18N2O4.ClH/c1-17-9-5-8(3-4-14-11(16)7-13)12(18-2)10(15)6-9;/h5-6,15H,3-4,7,13H2,1-2H3,(H,14,16);1H. The van der Waals surface area contributed by atoms with E-state index in [0.717, 1.165) is 5.56 Å². The Balaban J connectivity index is 0.00000324. The first-order chi connectivity index (χ1) is 8.62. The molecule has 4 N–H and O–H groups in total. The van der Waals surface area contributed by atoms with Gasteiger partial charge >= 0.3 is 0 Å². The predicted octanol–water partition coefficient (Wildman–Crippen LogP) is 0.449. The summed E-state index contributed by atoms with van der Waals surface area (Å²) in [5.74, 6) is 0.712.